The van der Waals surface area contributed by atoms with Crippen LogP contribution < -0.4 is 14.5 Å². The Labute approximate surface area is 166 Å². The van der Waals surface area contributed by atoms with Crippen LogP contribution >= 0.6 is 0 Å². The maximum atomic E-state index is 12.7. The van der Waals surface area contributed by atoms with E-state index in [0.717, 1.165) is 49.6 Å². The van der Waals surface area contributed by atoms with Crippen molar-refractivity contribution in [3.63, 3.8) is 0 Å². The molecule has 6 heteroatoms. The molecule has 0 bridgehead atoms. The molecule has 0 atom stereocenters. The summed E-state index contributed by atoms with van der Waals surface area (Å²) in [4.78, 5) is 16.4. The lowest BCUT2D eigenvalue weighted by atomic mass is 10.1. The number of carbonyl (C=O) groups is 1. The zero-order valence-electron chi connectivity index (χ0n) is 16.3. The van der Waals surface area contributed by atoms with E-state index in [9.17, 15) is 4.79 Å². The van der Waals surface area contributed by atoms with Gasteiger partial charge in [0.15, 0.2) is 6.54 Å². The molecule has 146 valence electrons. The van der Waals surface area contributed by atoms with Gasteiger partial charge < -0.3 is 14.5 Å². The maximum absolute atomic E-state index is 12.7. The summed E-state index contributed by atoms with van der Waals surface area (Å²) in [6.07, 6.45) is 0.830. The van der Waals surface area contributed by atoms with E-state index >= 15 is 0 Å². The lowest BCUT2D eigenvalue weighted by molar-refractivity contribution is -0.892. The van der Waals surface area contributed by atoms with Crippen molar-refractivity contribution in [3.8, 4) is 5.75 Å². The third-order valence-corrected chi connectivity index (χ3v) is 5.51. The Balaban J connectivity index is 1.29. The minimum Gasteiger partial charge on any atom is -0.497 e. The number of carbonyl (C=O) groups excluding carboxylic acids is 1. The minimum absolute atomic E-state index is 0.124. The monoisotopic (exact) mass is 379 g/mol. The number of hydrogen-bond acceptors (Lipinski definition) is 4. The summed E-state index contributed by atoms with van der Waals surface area (Å²) in [6.45, 7) is 5.03. The first-order valence-electron chi connectivity index (χ1n) is 9.89. The molecule has 4 rings (SSSR count). The quantitative estimate of drug-likeness (QED) is 0.845. The fourth-order valence-corrected chi connectivity index (χ4v) is 3.83. The second kappa shape index (κ2) is 8.44. The van der Waals surface area contributed by atoms with Crippen LogP contribution in [0.25, 0.3) is 0 Å². The molecule has 1 fully saturated rings. The predicted molar refractivity (Wildman–Crippen MR) is 110 cm³/mol. The third-order valence-electron chi connectivity index (χ3n) is 5.51. The maximum Gasteiger partial charge on any atom is 0.297 e. The van der Waals surface area contributed by atoms with Crippen molar-refractivity contribution in [2.45, 2.75) is 6.42 Å². The number of benzene rings is 2. The summed E-state index contributed by atoms with van der Waals surface area (Å²) >= 11 is 0. The van der Waals surface area contributed by atoms with E-state index in [4.69, 9.17) is 4.74 Å². The standard InChI is InChI=1S/C22H26N4O2/c1-28-20-9-7-19(8-10-20)25-15-13-24(14-16-25)17-22(27)26-12-11-21(23-26)18-5-3-2-4-6-18/h2-10H,11-17H2,1H3/p+1. The van der Waals surface area contributed by atoms with E-state index in [1.165, 1.54) is 10.6 Å². The van der Waals surface area contributed by atoms with Gasteiger partial charge in [0.2, 0.25) is 0 Å². The second-order valence-electron chi connectivity index (χ2n) is 7.29. The van der Waals surface area contributed by atoms with Crippen LogP contribution in [0.15, 0.2) is 59.7 Å². The first-order valence-corrected chi connectivity index (χ1v) is 9.89. The highest BCUT2D eigenvalue weighted by atomic mass is 16.5. The number of hydrogen-bond donors (Lipinski definition) is 1. The molecule has 1 amide bonds. The first kappa shape index (κ1) is 18.5. The third kappa shape index (κ3) is 4.17. The molecule has 1 N–H and O–H groups in total. The van der Waals surface area contributed by atoms with Crippen molar-refractivity contribution >= 4 is 17.3 Å². The molecule has 2 aliphatic heterocycles. The van der Waals surface area contributed by atoms with Gasteiger partial charge in [0.25, 0.3) is 5.91 Å². The van der Waals surface area contributed by atoms with E-state index in [-0.39, 0.29) is 5.91 Å². The van der Waals surface area contributed by atoms with E-state index < -0.39 is 0 Å². The van der Waals surface area contributed by atoms with Gasteiger partial charge in [-0.1, -0.05) is 30.3 Å². The summed E-state index contributed by atoms with van der Waals surface area (Å²) in [5.41, 5.74) is 3.33. The zero-order chi connectivity index (χ0) is 19.3. The number of hydrazone groups is 1. The molecule has 0 aromatic heterocycles. The Morgan fingerprint density at radius 2 is 1.75 bits per heavy atom. The number of methoxy groups -OCH3 is 1. The van der Waals surface area contributed by atoms with Crippen molar-refractivity contribution in [2.24, 2.45) is 5.10 Å². The van der Waals surface area contributed by atoms with Gasteiger partial charge in [0.1, 0.15) is 5.75 Å². The SMILES string of the molecule is COc1ccc(N2CC[NH+](CC(=O)N3CCC(c4ccccc4)=N3)CC2)cc1. The molecule has 28 heavy (non-hydrogen) atoms. The van der Waals surface area contributed by atoms with Crippen LogP contribution in [0.5, 0.6) is 5.75 Å². The molecule has 2 aromatic rings. The summed E-state index contributed by atoms with van der Waals surface area (Å²) in [5, 5.41) is 6.23. The van der Waals surface area contributed by atoms with Crippen LogP contribution in [-0.2, 0) is 4.79 Å². The van der Waals surface area contributed by atoms with Crippen molar-refractivity contribution in [1.82, 2.24) is 5.01 Å². The Morgan fingerprint density at radius 3 is 2.43 bits per heavy atom. The molecular weight excluding hydrogens is 352 g/mol. The molecule has 0 saturated carbocycles. The number of ether oxygens (including phenoxy) is 1. The lowest BCUT2D eigenvalue weighted by Gasteiger charge is -2.33. The number of nitrogens with one attached hydrogen (secondary N) is 1. The van der Waals surface area contributed by atoms with Gasteiger partial charge in [0, 0.05) is 12.1 Å². The number of amides is 1. The van der Waals surface area contributed by atoms with Crippen LogP contribution in [0.3, 0.4) is 0 Å². The fourth-order valence-electron chi connectivity index (χ4n) is 3.83. The van der Waals surface area contributed by atoms with Gasteiger partial charge in [-0.15, -0.1) is 0 Å². The summed E-state index contributed by atoms with van der Waals surface area (Å²) < 4.78 is 5.23. The van der Waals surface area contributed by atoms with Crippen molar-refractivity contribution < 1.29 is 14.4 Å². The van der Waals surface area contributed by atoms with E-state index in [2.05, 4.69) is 34.3 Å². The predicted octanol–water partition coefficient (Wildman–Crippen LogP) is 1.04. The highest BCUT2D eigenvalue weighted by Gasteiger charge is 2.27. The van der Waals surface area contributed by atoms with Gasteiger partial charge in [0.05, 0.1) is 45.5 Å². The molecule has 1 saturated heterocycles. The van der Waals surface area contributed by atoms with Crippen molar-refractivity contribution in [2.75, 3.05) is 51.3 Å². The molecule has 0 unspecified atom stereocenters. The normalized spacial score (nSPS) is 17.5. The van der Waals surface area contributed by atoms with E-state index in [1.807, 2.05) is 30.3 Å². The first-order chi connectivity index (χ1) is 13.7. The highest BCUT2D eigenvalue weighted by molar-refractivity contribution is 6.02. The van der Waals surface area contributed by atoms with Crippen LogP contribution in [-0.4, -0.2) is 63.0 Å². The molecule has 0 spiro atoms. The van der Waals surface area contributed by atoms with Crippen LogP contribution in [0, 0.1) is 0 Å². The van der Waals surface area contributed by atoms with Gasteiger partial charge in [-0.25, -0.2) is 5.01 Å². The molecule has 2 heterocycles. The smallest absolute Gasteiger partial charge is 0.297 e. The molecular formula is C22H27N4O2+. The Morgan fingerprint density at radius 1 is 1.04 bits per heavy atom. The molecule has 0 radical (unpaired) electrons. The number of anilines is 1. The number of quaternary nitrogens is 1. The lowest BCUT2D eigenvalue weighted by Crippen LogP contribution is -3.15. The Bertz CT molecular complexity index is 827. The Kier molecular flexibility index (Phi) is 5.58. The summed E-state index contributed by atoms with van der Waals surface area (Å²) in [7, 11) is 1.68. The molecule has 0 aliphatic carbocycles. The van der Waals surface area contributed by atoms with E-state index in [1.54, 1.807) is 12.1 Å². The minimum atomic E-state index is 0.124. The summed E-state index contributed by atoms with van der Waals surface area (Å²) in [5.74, 6) is 0.999. The van der Waals surface area contributed by atoms with Crippen LogP contribution in [0.2, 0.25) is 0 Å². The average Bonchev–Trinajstić information content (AvgIpc) is 3.26. The van der Waals surface area contributed by atoms with Gasteiger partial charge >= 0.3 is 0 Å². The van der Waals surface area contributed by atoms with Gasteiger partial charge in [-0.05, 0) is 29.8 Å². The highest BCUT2D eigenvalue weighted by Crippen LogP contribution is 2.19. The van der Waals surface area contributed by atoms with Crippen molar-refractivity contribution in [3.05, 3.63) is 60.2 Å². The number of nitrogens with zero attached hydrogens (tertiary/aromatic N) is 3. The van der Waals surface area contributed by atoms with Gasteiger partial charge in [-0.3, -0.25) is 4.79 Å². The largest absolute Gasteiger partial charge is 0.497 e. The second-order valence-corrected chi connectivity index (χ2v) is 7.29. The number of rotatable bonds is 5. The van der Waals surface area contributed by atoms with E-state index in [0.29, 0.717) is 13.1 Å². The van der Waals surface area contributed by atoms with Crippen LogP contribution in [0.4, 0.5) is 5.69 Å². The summed E-state index contributed by atoms with van der Waals surface area (Å²) in [6, 6.07) is 18.3. The molecule has 6 nitrogen and oxygen atoms in total. The topological polar surface area (TPSA) is 49.6 Å². The average molecular weight is 379 g/mol. The fraction of sp³-hybridized carbons (Fsp3) is 0.364. The van der Waals surface area contributed by atoms with Gasteiger partial charge in [-0.2, -0.15) is 5.10 Å². The van der Waals surface area contributed by atoms with Crippen LogP contribution in [0.1, 0.15) is 12.0 Å². The molecule has 2 aliphatic rings. The molecule has 2 aromatic carbocycles. The van der Waals surface area contributed by atoms with Crippen molar-refractivity contribution in [1.29, 1.82) is 0 Å². The zero-order valence-corrected chi connectivity index (χ0v) is 16.3. The number of piperazine rings is 1. The Hall–Kier alpha value is -2.86.